The molecule has 0 spiro atoms. The Morgan fingerprint density at radius 2 is 2.11 bits per heavy atom. The van der Waals surface area contributed by atoms with Crippen LogP contribution in [0.15, 0.2) is 36.5 Å². The highest BCUT2D eigenvalue weighted by Gasteiger charge is 2.12. The number of carbonyl (C=O) groups excluding carboxylic acids is 1. The van der Waals surface area contributed by atoms with Gasteiger partial charge in [-0.1, -0.05) is 11.6 Å². The van der Waals surface area contributed by atoms with Crippen molar-refractivity contribution in [2.75, 3.05) is 5.32 Å². The maximum absolute atomic E-state index is 13.5. The Morgan fingerprint density at radius 1 is 1.33 bits per heavy atom. The van der Waals surface area contributed by atoms with Crippen LogP contribution >= 0.6 is 34.2 Å². The highest BCUT2D eigenvalue weighted by molar-refractivity contribution is 14.1. The number of nitrogens with one attached hydrogen (secondary N) is 1. The number of hydrogen-bond donors (Lipinski definition) is 1. The van der Waals surface area contributed by atoms with Crippen molar-refractivity contribution in [3.8, 4) is 0 Å². The van der Waals surface area contributed by atoms with Crippen molar-refractivity contribution in [3.05, 3.63) is 56.5 Å². The molecule has 0 bridgehead atoms. The van der Waals surface area contributed by atoms with Crippen LogP contribution in [0.4, 0.5) is 10.2 Å². The van der Waals surface area contributed by atoms with Gasteiger partial charge in [0, 0.05) is 14.8 Å². The number of rotatable bonds is 2. The van der Waals surface area contributed by atoms with Gasteiger partial charge in [-0.2, -0.15) is 0 Å². The van der Waals surface area contributed by atoms with Gasteiger partial charge in [-0.05, 0) is 52.9 Å². The molecule has 0 atom stereocenters. The van der Waals surface area contributed by atoms with E-state index in [0.29, 0.717) is 5.82 Å². The van der Waals surface area contributed by atoms with Gasteiger partial charge >= 0.3 is 0 Å². The Kier molecular flexibility index (Phi) is 4.13. The van der Waals surface area contributed by atoms with Gasteiger partial charge in [-0.15, -0.1) is 0 Å². The molecular formula is C12H7ClFIN2O. The molecular weight excluding hydrogens is 370 g/mol. The van der Waals surface area contributed by atoms with Crippen molar-refractivity contribution in [1.82, 2.24) is 4.98 Å². The summed E-state index contributed by atoms with van der Waals surface area (Å²) < 4.78 is 14.4. The van der Waals surface area contributed by atoms with Gasteiger partial charge < -0.3 is 5.32 Å². The predicted octanol–water partition coefficient (Wildman–Crippen LogP) is 3.73. The highest BCUT2D eigenvalue weighted by atomic mass is 127. The maximum Gasteiger partial charge on any atom is 0.259 e. The molecule has 0 radical (unpaired) electrons. The Morgan fingerprint density at radius 3 is 2.72 bits per heavy atom. The number of aromatic nitrogens is 1. The first-order chi connectivity index (χ1) is 8.56. The monoisotopic (exact) mass is 376 g/mol. The van der Waals surface area contributed by atoms with Gasteiger partial charge in [0.25, 0.3) is 5.91 Å². The van der Waals surface area contributed by atoms with Gasteiger partial charge in [0.2, 0.25) is 0 Å². The fraction of sp³-hybridized carbons (Fsp3) is 0. The summed E-state index contributed by atoms with van der Waals surface area (Å²) in [5.74, 6) is -0.849. The Balaban J connectivity index is 2.19. The molecule has 0 unspecified atom stereocenters. The van der Waals surface area contributed by atoms with Crippen molar-refractivity contribution in [2.45, 2.75) is 0 Å². The molecule has 0 fully saturated rings. The van der Waals surface area contributed by atoms with Gasteiger partial charge in [-0.25, -0.2) is 9.37 Å². The van der Waals surface area contributed by atoms with Crippen molar-refractivity contribution >= 4 is 45.9 Å². The van der Waals surface area contributed by atoms with E-state index in [1.807, 2.05) is 0 Å². The molecule has 0 aliphatic carbocycles. The summed E-state index contributed by atoms with van der Waals surface area (Å²) in [5, 5.41) is 2.76. The van der Waals surface area contributed by atoms with Crippen LogP contribution in [-0.2, 0) is 0 Å². The summed E-state index contributed by atoms with van der Waals surface area (Å²) in [6.45, 7) is 0. The van der Waals surface area contributed by atoms with Crippen LogP contribution in [0, 0.1) is 9.39 Å². The average Bonchev–Trinajstić information content (AvgIpc) is 2.32. The quantitative estimate of drug-likeness (QED) is 0.812. The topological polar surface area (TPSA) is 42.0 Å². The zero-order valence-corrected chi connectivity index (χ0v) is 11.9. The van der Waals surface area contributed by atoms with Crippen LogP contribution in [-0.4, -0.2) is 10.9 Å². The maximum atomic E-state index is 13.5. The van der Waals surface area contributed by atoms with Crippen LogP contribution in [0.1, 0.15) is 10.4 Å². The molecule has 0 aliphatic rings. The zero-order chi connectivity index (χ0) is 13.1. The number of hydrogen-bond acceptors (Lipinski definition) is 2. The number of pyridine rings is 1. The molecule has 3 nitrogen and oxygen atoms in total. The van der Waals surface area contributed by atoms with Crippen LogP contribution in [0.25, 0.3) is 0 Å². The lowest BCUT2D eigenvalue weighted by Crippen LogP contribution is -2.14. The highest BCUT2D eigenvalue weighted by Crippen LogP contribution is 2.16. The van der Waals surface area contributed by atoms with Gasteiger partial charge in [0.1, 0.15) is 11.6 Å². The lowest BCUT2D eigenvalue weighted by atomic mass is 10.2. The SMILES string of the molecule is O=C(Nc1ccc(I)cn1)c1ccc(Cl)cc1F. The van der Waals surface area contributed by atoms with E-state index in [9.17, 15) is 9.18 Å². The van der Waals surface area contributed by atoms with E-state index in [2.05, 4.69) is 32.9 Å². The molecule has 2 aromatic rings. The molecule has 1 N–H and O–H groups in total. The summed E-state index contributed by atoms with van der Waals surface area (Å²) in [6.07, 6.45) is 1.61. The second-order valence-electron chi connectivity index (χ2n) is 3.44. The minimum atomic E-state index is -0.662. The summed E-state index contributed by atoms with van der Waals surface area (Å²) in [5.41, 5.74) is -0.0697. The fourth-order valence-corrected chi connectivity index (χ4v) is 1.78. The van der Waals surface area contributed by atoms with Gasteiger partial charge in [0.15, 0.2) is 0 Å². The Bertz CT molecular complexity index is 589. The molecule has 0 saturated heterocycles. The lowest BCUT2D eigenvalue weighted by molar-refractivity contribution is 0.102. The molecule has 92 valence electrons. The molecule has 2 rings (SSSR count). The molecule has 1 aromatic heterocycles. The molecule has 1 heterocycles. The fourth-order valence-electron chi connectivity index (χ4n) is 1.31. The zero-order valence-electron chi connectivity index (χ0n) is 8.95. The van der Waals surface area contributed by atoms with Gasteiger partial charge in [-0.3, -0.25) is 4.79 Å². The minimum Gasteiger partial charge on any atom is -0.306 e. The first-order valence-corrected chi connectivity index (χ1v) is 6.40. The third-order valence-electron chi connectivity index (χ3n) is 2.14. The van der Waals surface area contributed by atoms with Crippen LogP contribution in [0.2, 0.25) is 5.02 Å². The van der Waals surface area contributed by atoms with E-state index in [0.717, 1.165) is 9.64 Å². The minimum absolute atomic E-state index is 0.0697. The van der Waals surface area contributed by atoms with E-state index in [4.69, 9.17) is 11.6 Å². The number of anilines is 1. The molecule has 18 heavy (non-hydrogen) atoms. The largest absolute Gasteiger partial charge is 0.306 e. The van der Waals surface area contributed by atoms with E-state index < -0.39 is 11.7 Å². The first-order valence-electron chi connectivity index (χ1n) is 4.94. The number of halogens is 3. The summed E-state index contributed by atoms with van der Waals surface area (Å²) in [4.78, 5) is 15.8. The van der Waals surface area contributed by atoms with Crippen LogP contribution < -0.4 is 5.32 Å². The number of carbonyl (C=O) groups is 1. The first kappa shape index (κ1) is 13.2. The summed E-state index contributed by atoms with van der Waals surface area (Å²) in [7, 11) is 0. The van der Waals surface area contributed by atoms with E-state index in [1.54, 1.807) is 18.3 Å². The third-order valence-corrected chi connectivity index (χ3v) is 3.02. The molecule has 0 aliphatic heterocycles. The van der Waals surface area contributed by atoms with Crippen molar-refractivity contribution < 1.29 is 9.18 Å². The number of benzene rings is 1. The summed E-state index contributed by atoms with van der Waals surface area (Å²) in [6, 6.07) is 7.33. The predicted molar refractivity (Wildman–Crippen MR) is 76.3 cm³/mol. The van der Waals surface area contributed by atoms with E-state index in [1.165, 1.54) is 12.1 Å². The lowest BCUT2D eigenvalue weighted by Gasteiger charge is -2.05. The normalized spacial score (nSPS) is 10.2. The standard InChI is InChI=1S/C12H7ClFIN2O/c13-7-1-3-9(10(14)5-7)12(18)17-11-4-2-8(15)6-16-11/h1-6H,(H,16,17,18). The Hall–Kier alpha value is -1.21. The molecule has 1 amide bonds. The van der Waals surface area contributed by atoms with E-state index in [-0.39, 0.29) is 10.6 Å². The van der Waals surface area contributed by atoms with E-state index >= 15 is 0 Å². The van der Waals surface area contributed by atoms with Crippen molar-refractivity contribution in [1.29, 1.82) is 0 Å². The second kappa shape index (κ2) is 5.62. The molecule has 0 saturated carbocycles. The molecule has 1 aromatic carbocycles. The molecule has 6 heteroatoms. The Labute approximate surface area is 122 Å². The van der Waals surface area contributed by atoms with Crippen LogP contribution in [0.5, 0.6) is 0 Å². The van der Waals surface area contributed by atoms with Crippen molar-refractivity contribution in [2.24, 2.45) is 0 Å². The number of nitrogens with zero attached hydrogens (tertiary/aromatic N) is 1. The van der Waals surface area contributed by atoms with Gasteiger partial charge in [0.05, 0.1) is 5.56 Å². The summed E-state index contributed by atoms with van der Waals surface area (Å²) >= 11 is 7.72. The second-order valence-corrected chi connectivity index (χ2v) is 5.12. The third kappa shape index (κ3) is 3.17. The average molecular weight is 377 g/mol. The number of amides is 1. The smallest absolute Gasteiger partial charge is 0.259 e. The van der Waals surface area contributed by atoms with Crippen molar-refractivity contribution in [3.63, 3.8) is 0 Å². The van der Waals surface area contributed by atoms with Crippen LogP contribution in [0.3, 0.4) is 0 Å².